The molecule has 2 amide bonds. The van der Waals surface area contributed by atoms with E-state index in [-0.39, 0.29) is 5.91 Å². The molecule has 0 spiro atoms. The van der Waals surface area contributed by atoms with Gasteiger partial charge >= 0.3 is 6.09 Å². The number of nitrogens with two attached hydrogens (primary N) is 1. The Morgan fingerprint density at radius 1 is 1.10 bits per heavy atom. The number of rotatable bonds is 6. The lowest BCUT2D eigenvalue weighted by Crippen LogP contribution is -2.38. The van der Waals surface area contributed by atoms with Crippen LogP contribution in [0.25, 0.3) is 0 Å². The van der Waals surface area contributed by atoms with E-state index in [4.69, 9.17) is 10.5 Å². The number of nitrogens with zero attached hydrogens (tertiary/aromatic N) is 1. The van der Waals surface area contributed by atoms with Crippen molar-refractivity contribution >= 4 is 29.1 Å². The average Bonchev–Trinajstić information content (AvgIpc) is 2.63. The Hall–Kier alpha value is -3.22. The standard InChI is InChI=1S/C22H30N4O3/c1-15-6-9-17(10-7-15)25-19-11-8-16(14-18(19)23)20(27)26(5)13-12-24-21(28)29-22(2,3)4/h6-11,14,25H,12-13,23H2,1-5H3,(H,24,28). The van der Waals surface area contributed by atoms with E-state index >= 15 is 0 Å². The molecular weight excluding hydrogens is 368 g/mol. The Bertz CT molecular complexity index is 857. The second-order valence-corrected chi connectivity index (χ2v) is 7.95. The number of carbonyl (C=O) groups is 2. The molecule has 0 bridgehead atoms. The molecule has 29 heavy (non-hydrogen) atoms. The first-order chi connectivity index (χ1) is 13.5. The molecule has 0 saturated heterocycles. The van der Waals surface area contributed by atoms with Crippen LogP contribution in [-0.2, 0) is 4.74 Å². The van der Waals surface area contributed by atoms with E-state index in [2.05, 4.69) is 10.6 Å². The topological polar surface area (TPSA) is 96.7 Å². The van der Waals surface area contributed by atoms with Crippen LogP contribution in [0.1, 0.15) is 36.7 Å². The third-order valence-corrected chi connectivity index (χ3v) is 4.09. The molecule has 0 heterocycles. The largest absolute Gasteiger partial charge is 0.444 e. The number of aryl methyl sites for hydroxylation is 1. The molecule has 0 aliphatic heterocycles. The molecule has 0 atom stereocenters. The maximum atomic E-state index is 12.6. The summed E-state index contributed by atoms with van der Waals surface area (Å²) >= 11 is 0. The number of nitrogens with one attached hydrogen (secondary N) is 2. The number of hydrogen-bond acceptors (Lipinski definition) is 5. The molecule has 0 radical (unpaired) electrons. The van der Waals surface area contributed by atoms with Crippen molar-refractivity contribution in [2.75, 3.05) is 31.2 Å². The van der Waals surface area contributed by atoms with Gasteiger partial charge in [-0.15, -0.1) is 0 Å². The van der Waals surface area contributed by atoms with E-state index < -0.39 is 11.7 Å². The van der Waals surface area contributed by atoms with E-state index in [9.17, 15) is 9.59 Å². The summed E-state index contributed by atoms with van der Waals surface area (Å²) in [6.07, 6.45) is -0.505. The summed E-state index contributed by atoms with van der Waals surface area (Å²) < 4.78 is 5.17. The first-order valence-corrected chi connectivity index (χ1v) is 9.51. The lowest BCUT2D eigenvalue weighted by molar-refractivity contribution is 0.0517. The number of anilines is 3. The first-order valence-electron chi connectivity index (χ1n) is 9.51. The number of ether oxygens (including phenoxy) is 1. The molecule has 2 rings (SSSR count). The maximum absolute atomic E-state index is 12.6. The highest BCUT2D eigenvalue weighted by Crippen LogP contribution is 2.25. The highest BCUT2D eigenvalue weighted by molar-refractivity contribution is 5.96. The summed E-state index contributed by atoms with van der Waals surface area (Å²) in [4.78, 5) is 25.8. The van der Waals surface area contributed by atoms with E-state index in [1.165, 1.54) is 10.5 Å². The van der Waals surface area contributed by atoms with Crippen LogP contribution in [0.2, 0.25) is 0 Å². The van der Waals surface area contributed by atoms with E-state index in [1.807, 2.05) is 31.2 Å². The van der Waals surface area contributed by atoms with Crippen LogP contribution < -0.4 is 16.4 Å². The maximum Gasteiger partial charge on any atom is 0.407 e. The zero-order valence-corrected chi connectivity index (χ0v) is 17.7. The third kappa shape index (κ3) is 7.03. The van der Waals surface area contributed by atoms with E-state index in [1.54, 1.807) is 46.0 Å². The minimum Gasteiger partial charge on any atom is -0.444 e. The van der Waals surface area contributed by atoms with Crippen LogP contribution in [0.15, 0.2) is 42.5 Å². The van der Waals surface area contributed by atoms with Gasteiger partial charge in [-0.2, -0.15) is 0 Å². The van der Waals surface area contributed by atoms with Crippen molar-refractivity contribution in [3.05, 3.63) is 53.6 Å². The van der Waals surface area contributed by atoms with Crippen LogP contribution in [0.4, 0.5) is 21.9 Å². The monoisotopic (exact) mass is 398 g/mol. The van der Waals surface area contributed by atoms with Crippen molar-refractivity contribution in [2.45, 2.75) is 33.3 Å². The number of amides is 2. The van der Waals surface area contributed by atoms with Gasteiger partial charge in [-0.1, -0.05) is 17.7 Å². The third-order valence-electron chi connectivity index (χ3n) is 4.09. The van der Waals surface area contributed by atoms with Gasteiger partial charge in [0.1, 0.15) is 5.60 Å². The number of likely N-dealkylation sites (N-methyl/N-ethyl adjacent to an activating group) is 1. The zero-order valence-electron chi connectivity index (χ0n) is 17.7. The SMILES string of the molecule is Cc1ccc(Nc2ccc(C(=O)N(C)CCNC(=O)OC(C)(C)C)cc2N)cc1. The Balaban J connectivity index is 1.92. The molecule has 0 fully saturated rings. The van der Waals surface area contributed by atoms with Crippen LogP contribution in [0, 0.1) is 6.92 Å². The molecule has 2 aromatic carbocycles. The van der Waals surface area contributed by atoms with Crippen molar-refractivity contribution in [1.82, 2.24) is 10.2 Å². The number of alkyl carbamates (subject to hydrolysis) is 1. The van der Waals surface area contributed by atoms with Crippen LogP contribution >= 0.6 is 0 Å². The van der Waals surface area contributed by atoms with Gasteiger partial charge in [0.15, 0.2) is 0 Å². The van der Waals surface area contributed by atoms with Gasteiger partial charge in [0, 0.05) is 31.4 Å². The smallest absolute Gasteiger partial charge is 0.407 e. The first kappa shape index (κ1) is 22.1. The molecule has 0 aromatic heterocycles. The molecule has 7 nitrogen and oxygen atoms in total. The molecule has 0 aliphatic carbocycles. The number of benzene rings is 2. The van der Waals surface area contributed by atoms with Gasteiger partial charge in [0.05, 0.1) is 11.4 Å². The fourth-order valence-corrected chi connectivity index (χ4v) is 2.56. The molecule has 7 heteroatoms. The second kappa shape index (κ2) is 9.32. The van der Waals surface area contributed by atoms with Gasteiger partial charge in [-0.3, -0.25) is 4.79 Å². The van der Waals surface area contributed by atoms with Gasteiger partial charge in [-0.25, -0.2) is 4.79 Å². The van der Waals surface area contributed by atoms with Gasteiger partial charge in [-0.05, 0) is 58.0 Å². The highest BCUT2D eigenvalue weighted by atomic mass is 16.6. The zero-order chi connectivity index (χ0) is 21.6. The predicted molar refractivity (Wildman–Crippen MR) is 117 cm³/mol. The van der Waals surface area contributed by atoms with E-state index in [0.29, 0.717) is 24.3 Å². The summed E-state index contributed by atoms with van der Waals surface area (Å²) in [5, 5.41) is 5.89. The molecule has 0 saturated carbocycles. The summed E-state index contributed by atoms with van der Waals surface area (Å²) in [5.74, 6) is -0.176. The normalized spacial score (nSPS) is 10.9. The molecule has 0 unspecified atom stereocenters. The van der Waals surface area contributed by atoms with Gasteiger partial charge in [0.25, 0.3) is 5.91 Å². The fraction of sp³-hybridized carbons (Fsp3) is 0.364. The number of carbonyl (C=O) groups excluding carboxylic acids is 2. The highest BCUT2D eigenvalue weighted by Gasteiger charge is 2.17. The minimum absolute atomic E-state index is 0.176. The van der Waals surface area contributed by atoms with Gasteiger partial charge < -0.3 is 26.0 Å². The average molecular weight is 399 g/mol. The van der Waals surface area contributed by atoms with Gasteiger partial charge in [0.2, 0.25) is 0 Å². The minimum atomic E-state index is -0.558. The van der Waals surface area contributed by atoms with Crippen molar-refractivity contribution in [1.29, 1.82) is 0 Å². The Kier molecular flexibility index (Phi) is 7.09. The Labute approximate surface area is 172 Å². The predicted octanol–water partition coefficient (Wildman–Crippen LogP) is 3.92. The van der Waals surface area contributed by atoms with Crippen LogP contribution in [-0.4, -0.2) is 42.6 Å². The lowest BCUT2D eigenvalue weighted by Gasteiger charge is -2.21. The van der Waals surface area contributed by atoms with Crippen molar-refractivity contribution in [3.63, 3.8) is 0 Å². The molecular formula is C22H30N4O3. The van der Waals surface area contributed by atoms with Crippen molar-refractivity contribution in [2.24, 2.45) is 0 Å². The quantitative estimate of drug-likeness (QED) is 0.641. The Morgan fingerprint density at radius 3 is 2.34 bits per heavy atom. The Morgan fingerprint density at radius 2 is 1.76 bits per heavy atom. The summed E-state index contributed by atoms with van der Waals surface area (Å²) in [6.45, 7) is 8.05. The van der Waals surface area contributed by atoms with Crippen LogP contribution in [0.5, 0.6) is 0 Å². The summed E-state index contributed by atoms with van der Waals surface area (Å²) in [5.41, 5.74) is 9.37. The fourth-order valence-electron chi connectivity index (χ4n) is 2.56. The second-order valence-electron chi connectivity index (χ2n) is 7.95. The molecule has 0 aliphatic rings. The molecule has 4 N–H and O–H groups in total. The lowest BCUT2D eigenvalue weighted by atomic mass is 10.1. The molecule has 156 valence electrons. The summed E-state index contributed by atoms with van der Waals surface area (Å²) in [7, 11) is 1.67. The van der Waals surface area contributed by atoms with Crippen molar-refractivity contribution in [3.8, 4) is 0 Å². The summed E-state index contributed by atoms with van der Waals surface area (Å²) in [6, 6.07) is 13.1. The van der Waals surface area contributed by atoms with E-state index in [0.717, 1.165) is 11.4 Å². The number of hydrogen-bond donors (Lipinski definition) is 3. The van der Waals surface area contributed by atoms with Crippen LogP contribution in [0.3, 0.4) is 0 Å². The van der Waals surface area contributed by atoms with Crippen molar-refractivity contribution < 1.29 is 14.3 Å². The number of nitrogen functional groups attached to an aromatic ring is 1. The molecule has 2 aromatic rings.